The van der Waals surface area contributed by atoms with Crippen molar-refractivity contribution in [3.63, 3.8) is 0 Å². The molecule has 3 aliphatic rings. The van der Waals surface area contributed by atoms with Gasteiger partial charge in [-0.3, -0.25) is 4.79 Å². The Morgan fingerprint density at radius 1 is 1.00 bits per heavy atom. The number of amides is 1. The third kappa shape index (κ3) is 3.64. The van der Waals surface area contributed by atoms with Gasteiger partial charge >= 0.3 is 5.97 Å². The van der Waals surface area contributed by atoms with Crippen molar-refractivity contribution < 1.29 is 14.3 Å². The molecule has 0 spiro atoms. The van der Waals surface area contributed by atoms with Crippen LogP contribution in [0.25, 0.3) is 10.9 Å². The summed E-state index contributed by atoms with van der Waals surface area (Å²) in [6.07, 6.45) is 6.59. The van der Waals surface area contributed by atoms with E-state index in [0.29, 0.717) is 13.0 Å². The van der Waals surface area contributed by atoms with Crippen molar-refractivity contribution in [1.29, 1.82) is 0 Å². The van der Waals surface area contributed by atoms with E-state index in [2.05, 4.69) is 24.0 Å². The number of carbonyl (C=O) groups excluding carboxylic acids is 2. The monoisotopic (exact) mass is 422 g/mol. The van der Waals surface area contributed by atoms with E-state index in [0.717, 1.165) is 67.7 Å². The molecule has 7 nitrogen and oxygen atoms in total. The predicted molar refractivity (Wildman–Crippen MR) is 118 cm³/mol. The van der Waals surface area contributed by atoms with E-state index in [4.69, 9.17) is 14.7 Å². The number of benzene rings is 1. The van der Waals surface area contributed by atoms with Gasteiger partial charge < -0.3 is 14.5 Å². The van der Waals surface area contributed by atoms with Crippen LogP contribution in [0.3, 0.4) is 0 Å². The summed E-state index contributed by atoms with van der Waals surface area (Å²) in [5.74, 6) is 0.516. The molecule has 0 bridgehead atoms. The van der Waals surface area contributed by atoms with Crippen LogP contribution in [0.1, 0.15) is 48.9 Å². The number of anilines is 1. The molecule has 1 aromatic carbocycles. The molecule has 0 radical (unpaired) electrons. The van der Waals surface area contributed by atoms with E-state index >= 15 is 0 Å². The highest BCUT2D eigenvalue weighted by atomic mass is 16.5. The number of carbonyl (C=O) groups is 2. The fourth-order valence-electron chi connectivity index (χ4n) is 5.45. The van der Waals surface area contributed by atoms with Gasteiger partial charge in [0.25, 0.3) is 0 Å². The van der Waals surface area contributed by atoms with Gasteiger partial charge in [0.15, 0.2) is 0 Å². The van der Waals surface area contributed by atoms with Gasteiger partial charge in [0, 0.05) is 30.9 Å². The Morgan fingerprint density at radius 2 is 1.74 bits per heavy atom. The molecule has 0 saturated carbocycles. The molecular formula is C24H30N4O3. The zero-order valence-electron chi connectivity index (χ0n) is 18.4. The van der Waals surface area contributed by atoms with E-state index in [1.165, 1.54) is 24.7 Å². The van der Waals surface area contributed by atoms with Crippen molar-refractivity contribution in [1.82, 2.24) is 14.9 Å². The summed E-state index contributed by atoms with van der Waals surface area (Å²) in [5.41, 5.74) is 4.91. The number of aromatic nitrogens is 2. The molecule has 0 unspecified atom stereocenters. The Labute approximate surface area is 182 Å². The number of ether oxygens (including phenoxy) is 1. The zero-order valence-corrected chi connectivity index (χ0v) is 18.4. The first kappa shape index (κ1) is 20.2. The summed E-state index contributed by atoms with van der Waals surface area (Å²) in [6, 6.07) is 4.10. The van der Waals surface area contributed by atoms with Crippen molar-refractivity contribution in [2.75, 3.05) is 31.6 Å². The number of likely N-dealkylation sites (tertiary alicyclic amines) is 1. The molecule has 164 valence electrons. The van der Waals surface area contributed by atoms with Crippen LogP contribution in [-0.2, 0) is 27.2 Å². The first-order valence-corrected chi connectivity index (χ1v) is 11.5. The minimum absolute atomic E-state index is 0.0497. The largest absolute Gasteiger partial charge is 0.467 e. The van der Waals surface area contributed by atoms with E-state index in [9.17, 15) is 9.59 Å². The molecule has 2 aliphatic heterocycles. The number of aryl methyl sites for hydroxylation is 3. The second-order valence-electron chi connectivity index (χ2n) is 9.07. The minimum atomic E-state index is -0.413. The highest BCUT2D eigenvalue weighted by Gasteiger charge is 2.38. The normalized spacial score (nSPS) is 21.5. The second-order valence-corrected chi connectivity index (χ2v) is 9.07. The Hall–Kier alpha value is -2.70. The number of hydrogen-bond acceptors (Lipinski definition) is 6. The van der Waals surface area contributed by atoms with E-state index in [1.807, 2.05) is 0 Å². The molecule has 1 amide bonds. The molecule has 2 fully saturated rings. The maximum Gasteiger partial charge on any atom is 0.328 e. The Kier molecular flexibility index (Phi) is 5.28. The fourth-order valence-corrected chi connectivity index (χ4v) is 5.45. The molecule has 1 aromatic heterocycles. The topological polar surface area (TPSA) is 75.6 Å². The molecule has 0 N–H and O–H groups in total. The molecule has 1 atom stereocenters. The Balaban J connectivity index is 1.29. The summed E-state index contributed by atoms with van der Waals surface area (Å²) >= 11 is 0. The van der Waals surface area contributed by atoms with Crippen molar-refractivity contribution in [2.45, 2.75) is 57.9 Å². The Bertz CT molecular complexity index is 1030. The molecule has 2 saturated heterocycles. The third-order valence-corrected chi connectivity index (χ3v) is 7.22. The lowest BCUT2D eigenvalue weighted by Crippen LogP contribution is -2.47. The van der Waals surface area contributed by atoms with Crippen molar-refractivity contribution in [3.8, 4) is 0 Å². The Morgan fingerprint density at radius 3 is 2.48 bits per heavy atom. The van der Waals surface area contributed by atoms with Crippen LogP contribution >= 0.6 is 0 Å². The van der Waals surface area contributed by atoms with E-state index in [-0.39, 0.29) is 17.8 Å². The SMILES string of the molecule is COC(=O)[C@@H]1CCCN1C(=O)C1CCN(c2nc(C)c3cc4c(cc3n2)CCC4)CC1. The minimum Gasteiger partial charge on any atom is -0.467 e. The summed E-state index contributed by atoms with van der Waals surface area (Å²) < 4.78 is 4.89. The molecule has 2 aromatic rings. The summed E-state index contributed by atoms with van der Waals surface area (Å²) in [5, 5.41) is 1.15. The van der Waals surface area contributed by atoms with Gasteiger partial charge in [-0.05, 0) is 75.1 Å². The standard InChI is InChI=1S/C24H30N4O3/c1-15-19-13-17-5-3-6-18(17)14-20(19)26-24(25-15)27-11-8-16(9-12-27)22(29)28-10-4-7-21(28)23(30)31-2/h13-14,16,21H,3-12H2,1-2H3/t21-/m0/s1. The highest BCUT2D eigenvalue weighted by molar-refractivity contribution is 5.87. The molecule has 7 heteroatoms. The van der Waals surface area contributed by atoms with E-state index in [1.54, 1.807) is 4.90 Å². The first-order chi connectivity index (χ1) is 15.0. The van der Waals surface area contributed by atoms with Crippen LogP contribution < -0.4 is 4.90 Å². The highest BCUT2D eigenvalue weighted by Crippen LogP contribution is 2.31. The molecule has 3 heterocycles. The van der Waals surface area contributed by atoms with Crippen molar-refractivity contribution in [3.05, 3.63) is 29.0 Å². The number of rotatable bonds is 3. The van der Waals surface area contributed by atoms with Gasteiger partial charge in [-0.1, -0.05) is 0 Å². The van der Waals surface area contributed by atoms with Crippen LogP contribution in [0.2, 0.25) is 0 Å². The van der Waals surface area contributed by atoms with Crippen LogP contribution in [0.5, 0.6) is 0 Å². The van der Waals surface area contributed by atoms with Crippen LogP contribution in [-0.4, -0.2) is 59.5 Å². The van der Waals surface area contributed by atoms with Gasteiger partial charge in [0.2, 0.25) is 11.9 Å². The lowest BCUT2D eigenvalue weighted by Gasteiger charge is -2.34. The molecule has 31 heavy (non-hydrogen) atoms. The van der Waals surface area contributed by atoms with Crippen molar-refractivity contribution >= 4 is 28.7 Å². The predicted octanol–water partition coefficient (Wildman–Crippen LogP) is 2.81. The number of esters is 1. The lowest BCUT2D eigenvalue weighted by molar-refractivity contribution is -0.152. The van der Waals surface area contributed by atoms with E-state index < -0.39 is 6.04 Å². The maximum atomic E-state index is 13.1. The molecular weight excluding hydrogens is 392 g/mol. The number of methoxy groups -OCH3 is 1. The average Bonchev–Trinajstić information content (AvgIpc) is 3.46. The van der Waals surface area contributed by atoms with Crippen LogP contribution in [0.15, 0.2) is 12.1 Å². The molecule has 1 aliphatic carbocycles. The van der Waals surface area contributed by atoms with Crippen LogP contribution in [0, 0.1) is 12.8 Å². The molecule has 5 rings (SSSR count). The lowest BCUT2D eigenvalue weighted by atomic mass is 9.95. The quantitative estimate of drug-likeness (QED) is 0.708. The number of nitrogens with zero attached hydrogens (tertiary/aromatic N) is 4. The summed E-state index contributed by atoms with van der Waals surface area (Å²) in [4.78, 5) is 38.7. The smallest absolute Gasteiger partial charge is 0.328 e. The third-order valence-electron chi connectivity index (χ3n) is 7.22. The maximum absolute atomic E-state index is 13.1. The van der Waals surface area contributed by atoms with Gasteiger partial charge in [-0.15, -0.1) is 0 Å². The van der Waals surface area contributed by atoms with Gasteiger partial charge in [-0.25, -0.2) is 14.8 Å². The first-order valence-electron chi connectivity index (χ1n) is 11.5. The van der Waals surface area contributed by atoms with Crippen molar-refractivity contribution in [2.24, 2.45) is 5.92 Å². The van der Waals surface area contributed by atoms with Crippen LogP contribution in [0.4, 0.5) is 5.95 Å². The van der Waals surface area contributed by atoms with Gasteiger partial charge in [0.05, 0.1) is 18.3 Å². The number of fused-ring (bicyclic) bond motifs is 2. The average molecular weight is 423 g/mol. The second kappa shape index (κ2) is 8.09. The number of hydrogen-bond donors (Lipinski definition) is 0. The summed E-state index contributed by atoms with van der Waals surface area (Å²) in [6.45, 7) is 4.22. The number of piperidine rings is 1. The summed E-state index contributed by atoms with van der Waals surface area (Å²) in [7, 11) is 1.39. The van der Waals surface area contributed by atoms with Gasteiger partial charge in [0.1, 0.15) is 6.04 Å². The zero-order chi connectivity index (χ0) is 21.5. The fraction of sp³-hybridized carbons (Fsp3) is 0.583. The van der Waals surface area contributed by atoms with Gasteiger partial charge in [-0.2, -0.15) is 0 Å².